The summed E-state index contributed by atoms with van der Waals surface area (Å²) in [5.74, 6) is 1.07. The van der Waals surface area contributed by atoms with Gasteiger partial charge in [-0.2, -0.15) is 0 Å². The van der Waals surface area contributed by atoms with Gasteiger partial charge in [0.2, 0.25) is 0 Å². The van der Waals surface area contributed by atoms with Crippen molar-refractivity contribution in [3.05, 3.63) is 48.0 Å². The van der Waals surface area contributed by atoms with Gasteiger partial charge in [-0.1, -0.05) is 13.0 Å². The number of benzene rings is 2. The monoisotopic (exact) mass is 430 g/mol. The van der Waals surface area contributed by atoms with Crippen molar-refractivity contribution in [1.29, 1.82) is 0 Å². The van der Waals surface area contributed by atoms with Crippen molar-refractivity contribution >= 4 is 21.4 Å². The Hall–Kier alpha value is -2.74. The smallest absolute Gasteiger partial charge is 0.255 e. The van der Waals surface area contributed by atoms with Gasteiger partial charge in [-0.15, -0.1) is 0 Å². The first kappa shape index (κ1) is 20.5. The second-order valence-electron chi connectivity index (χ2n) is 7.46. The highest BCUT2D eigenvalue weighted by Gasteiger charge is 2.25. The molecule has 8 heteroatoms. The van der Waals surface area contributed by atoms with E-state index in [0.717, 1.165) is 31.6 Å². The lowest BCUT2D eigenvalue weighted by atomic mass is 10.0. The molecule has 1 saturated heterocycles. The Morgan fingerprint density at radius 1 is 1.07 bits per heavy atom. The third-order valence-electron chi connectivity index (χ3n) is 5.58. The maximum Gasteiger partial charge on any atom is 0.255 e. The summed E-state index contributed by atoms with van der Waals surface area (Å²) in [6.45, 7) is 4.15. The second-order valence-corrected chi connectivity index (χ2v) is 9.74. The number of anilines is 1. The molecule has 0 unspecified atom stereocenters. The molecule has 0 radical (unpaired) electrons. The molecular weight excluding hydrogens is 404 g/mol. The standard InChI is InChI=1S/C22H26N2O5S/c1-2-30(26,27)18-8-6-17(7-9-18)24-12-10-16(11-13-24)23-22(25)19-4-3-5-20-21(19)29-15-14-28-20/h3-9,16H,2,10-15H2,1H3,(H,23,25). The lowest BCUT2D eigenvalue weighted by Crippen LogP contribution is -2.44. The van der Waals surface area contributed by atoms with Gasteiger partial charge in [-0.3, -0.25) is 4.79 Å². The van der Waals surface area contributed by atoms with Crippen LogP contribution in [0.2, 0.25) is 0 Å². The molecule has 2 aromatic carbocycles. The fourth-order valence-corrected chi connectivity index (χ4v) is 4.71. The zero-order valence-corrected chi connectivity index (χ0v) is 17.8. The second kappa shape index (κ2) is 8.55. The van der Waals surface area contributed by atoms with Crippen LogP contribution < -0.4 is 19.7 Å². The van der Waals surface area contributed by atoms with Crippen LogP contribution in [-0.2, 0) is 9.84 Å². The minimum atomic E-state index is -3.19. The van der Waals surface area contributed by atoms with E-state index in [1.807, 2.05) is 12.1 Å². The summed E-state index contributed by atoms with van der Waals surface area (Å²) in [5.41, 5.74) is 1.50. The van der Waals surface area contributed by atoms with Crippen molar-refractivity contribution in [2.45, 2.75) is 30.7 Å². The van der Waals surface area contributed by atoms with Crippen molar-refractivity contribution in [2.75, 3.05) is 37.0 Å². The fourth-order valence-electron chi connectivity index (χ4n) is 3.83. The van der Waals surface area contributed by atoms with Gasteiger partial charge < -0.3 is 19.7 Å². The predicted molar refractivity (Wildman–Crippen MR) is 114 cm³/mol. The number of ether oxygens (including phenoxy) is 2. The lowest BCUT2D eigenvalue weighted by molar-refractivity contribution is 0.0920. The van der Waals surface area contributed by atoms with Crippen LogP contribution >= 0.6 is 0 Å². The number of carbonyl (C=O) groups excluding carboxylic acids is 1. The topological polar surface area (TPSA) is 84.9 Å². The number of sulfone groups is 1. The summed E-state index contributed by atoms with van der Waals surface area (Å²) in [5, 5.41) is 3.11. The van der Waals surface area contributed by atoms with Crippen LogP contribution in [0.15, 0.2) is 47.4 Å². The number of fused-ring (bicyclic) bond motifs is 1. The highest BCUT2D eigenvalue weighted by Crippen LogP contribution is 2.33. The van der Waals surface area contributed by atoms with E-state index in [0.29, 0.717) is 35.2 Å². The minimum Gasteiger partial charge on any atom is -0.486 e. The number of nitrogens with zero attached hydrogens (tertiary/aromatic N) is 1. The molecule has 2 aliphatic heterocycles. The number of carbonyl (C=O) groups is 1. The Morgan fingerprint density at radius 2 is 1.77 bits per heavy atom. The Bertz CT molecular complexity index is 1010. The summed E-state index contributed by atoms with van der Waals surface area (Å²) in [7, 11) is -3.19. The van der Waals surface area contributed by atoms with Crippen molar-refractivity contribution in [3.63, 3.8) is 0 Å². The van der Waals surface area contributed by atoms with E-state index in [-0.39, 0.29) is 17.7 Å². The third-order valence-corrected chi connectivity index (χ3v) is 7.33. The van der Waals surface area contributed by atoms with Gasteiger partial charge in [-0.05, 0) is 49.2 Å². The van der Waals surface area contributed by atoms with Crippen LogP contribution in [0.25, 0.3) is 0 Å². The Morgan fingerprint density at radius 3 is 2.47 bits per heavy atom. The zero-order chi connectivity index (χ0) is 21.1. The Balaban J connectivity index is 1.36. The predicted octanol–water partition coefficient (Wildman–Crippen LogP) is 2.65. The molecule has 0 saturated carbocycles. The Labute approximate surface area is 176 Å². The van der Waals surface area contributed by atoms with E-state index in [9.17, 15) is 13.2 Å². The molecule has 0 aromatic heterocycles. The number of piperidine rings is 1. The molecule has 2 aliphatic rings. The van der Waals surface area contributed by atoms with Crippen molar-refractivity contribution < 1.29 is 22.7 Å². The molecule has 1 amide bonds. The van der Waals surface area contributed by atoms with Gasteiger partial charge in [-0.25, -0.2) is 8.42 Å². The number of para-hydroxylation sites is 1. The summed E-state index contributed by atoms with van der Waals surface area (Å²) >= 11 is 0. The number of rotatable bonds is 5. The molecule has 1 N–H and O–H groups in total. The van der Waals surface area contributed by atoms with E-state index in [2.05, 4.69) is 10.2 Å². The molecule has 1 fully saturated rings. The van der Waals surface area contributed by atoms with E-state index < -0.39 is 9.84 Å². The van der Waals surface area contributed by atoms with Crippen LogP contribution in [0.5, 0.6) is 11.5 Å². The maximum absolute atomic E-state index is 12.8. The van der Waals surface area contributed by atoms with Gasteiger partial charge in [0.1, 0.15) is 13.2 Å². The van der Waals surface area contributed by atoms with Crippen molar-refractivity contribution in [1.82, 2.24) is 5.32 Å². The first-order valence-corrected chi connectivity index (χ1v) is 11.9. The van der Waals surface area contributed by atoms with E-state index in [1.165, 1.54) is 0 Å². The number of amides is 1. The van der Waals surface area contributed by atoms with Crippen LogP contribution in [-0.4, -0.2) is 52.4 Å². The van der Waals surface area contributed by atoms with Gasteiger partial charge in [0.05, 0.1) is 16.2 Å². The summed E-state index contributed by atoms with van der Waals surface area (Å²) < 4.78 is 35.1. The zero-order valence-electron chi connectivity index (χ0n) is 17.0. The van der Waals surface area contributed by atoms with Gasteiger partial charge in [0, 0.05) is 24.8 Å². The van der Waals surface area contributed by atoms with Gasteiger partial charge in [0.25, 0.3) is 5.91 Å². The quantitative estimate of drug-likeness (QED) is 0.785. The van der Waals surface area contributed by atoms with E-state index >= 15 is 0 Å². The lowest BCUT2D eigenvalue weighted by Gasteiger charge is -2.34. The molecule has 0 spiro atoms. The molecule has 0 aliphatic carbocycles. The number of nitrogens with one attached hydrogen (secondary N) is 1. The van der Waals surface area contributed by atoms with E-state index in [1.54, 1.807) is 37.3 Å². The average molecular weight is 431 g/mol. The number of hydrogen-bond acceptors (Lipinski definition) is 6. The highest BCUT2D eigenvalue weighted by atomic mass is 32.2. The SMILES string of the molecule is CCS(=O)(=O)c1ccc(N2CCC(NC(=O)c3cccc4c3OCCO4)CC2)cc1. The Kier molecular flexibility index (Phi) is 5.85. The van der Waals surface area contributed by atoms with Crippen molar-refractivity contribution in [2.24, 2.45) is 0 Å². The molecule has 0 bridgehead atoms. The summed E-state index contributed by atoms with van der Waals surface area (Å²) in [6.07, 6.45) is 1.63. The normalized spacial score (nSPS) is 16.9. The largest absolute Gasteiger partial charge is 0.486 e. The molecular formula is C22H26N2O5S. The molecule has 0 atom stereocenters. The maximum atomic E-state index is 12.8. The summed E-state index contributed by atoms with van der Waals surface area (Å²) in [6, 6.07) is 12.5. The minimum absolute atomic E-state index is 0.0776. The first-order valence-electron chi connectivity index (χ1n) is 10.2. The molecule has 30 heavy (non-hydrogen) atoms. The number of hydrogen-bond donors (Lipinski definition) is 1. The molecule has 2 heterocycles. The van der Waals surface area contributed by atoms with E-state index in [4.69, 9.17) is 9.47 Å². The van der Waals surface area contributed by atoms with Crippen molar-refractivity contribution in [3.8, 4) is 11.5 Å². The summed E-state index contributed by atoms with van der Waals surface area (Å²) in [4.78, 5) is 15.3. The molecule has 7 nitrogen and oxygen atoms in total. The van der Waals surface area contributed by atoms with Gasteiger partial charge in [0.15, 0.2) is 21.3 Å². The molecule has 2 aromatic rings. The average Bonchev–Trinajstić information content (AvgIpc) is 2.79. The van der Waals surface area contributed by atoms with Crippen LogP contribution in [0, 0.1) is 0 Å². The first-order chi connectivity index (χ1) is 14.5. The highest BCUT2D eigenvalue weighted by molar-refractivity contribution is 7.91. The molecule has 4 rings (SSSR count). The third kappa shape index (κ3) is 4.23. The van der Waals surface area contributed by atoms with Gasteiger partial charge >= 0.3 is 0 Å². The fraction of sp³-hybridized carbons (Fsp3) is 0.409. The van der Waals surface area contributed by atoms with Crippen LogP contribution in [0.1, 0.15) is 30.1 Å². The molecule has 160 valence electrons. The van der Waals surface area contributed by atoms with Crippen LogP contribution in [0.3, 0.4) is 0 Å². The van der Waals surface area contributed by atoms with Crippen LogP contribution in [0.4, 0.5) is 5.69 Å².